The van der Waals surface area contributed by atoms with Gasteiger partial charge in [-0.15, -0.1) is 0 Å². The minimum absolute atomic E-state index is 0.00204. The van der Waals surface area contributed by atoms with Gasteiger partial charge in [-0.25, -0.2) is 14.4 Å². The van der Waals surface area contributed by atoms with Gasteiger partial charge in [0.05, 0.1) is 37.0 Å². The van der Waals surface area contributed by atoms with Gasteiger partial charge in [0.25, 0.3) is 0 Å². The highest BCUT2D eigenvalue weighted by atomic mass is 35.5. The van der Waals surface area contributed by atoms with E-state index >= 15 is 0 Å². The van der Waals surface area contributed by atoms with Crippen molar-refractivity contribution in [3.63, 3.8) is 0 Å². The zero-order chi connectivity index (χ0) is 27.9. The van der Waals surface area contributed by atoms with E-state index in [4.69, 9.17) is 30.5 Å². The first-order valence-electron chi connectivity index (χ1n) is 13.2. The lowest BCUT2D eigenvalue weighted by molar-refractivity contribution is -0.114. The summed E-state index contributed by atoms with van der Waals surface area (Å²) in [5.74, 6) is 0.475. The fourth-order valence-corrected chi connectivity index (χ4v) is 4.89. The second-order valence-corrected chi connectivity index (χ2v) is 10.2. The number of nitrogens with one attached hydrogen (secondary N) is 1. The van der Waals surface area contributed by atoms with Crippen LogP contribution in [0.25, 0.3) is 10.9 Å². The molecule has 1 aromatic heterocycles. The largest absolute Gasteiger partial charge is 0.490 e. The normalized spacial score (nSPS) is 19.6. The molecule has 2 fully saturated rings. The van der Waals surface area contributed by atoms with Gasteiger partial charge in [0.1, 0.15) is 36.4 Å². The molecule has 212 valence electrons. The molecule has 2 saturated heterocycles. The van der Waals surface area contributed by atoms with Gasteiger partial charge in [0.15, 0.2) is 5.78 Å². The Morgan fingerprint density at radius 2 is 2.15 bits per heavy atom. The zero-order valence-electron chi connectivity index (χ0n) is 22.3. The molecule has 2 aliphatic heterocycles. The number of likely N-dealkylation sites (tertiary alicyclic amines) is 1. The van der Waals surface area contributed by atoms with Gasteiger partial charge in [-0.3, -0.25) is 9.69 Å². The highest BCUT2D eigenvalue weighted by Gasteiger charge is 2.26. The standard InChI is InChI=1S/C29H32ClFN4O5/c1-37-15-21-6-8-35(21)7-2-3-22(36)11-19-12-24-27(14-28(19)40-17-23-16-38-9-10-39-23)32-18-33-29(24)34-20-4-5-26(31)25(30)13-20/h2-5,12-14,18,21,23H,6-11,15-17H2,1H3,(H,32,33,34)/b3-2+/t21-,23+/m0/s1. The van der Waals surface area contributed by atoms with Crippen LogP contribution in [0, 0.1) is 5.82 Å². The SMILES string of the molecule is COC[C@@H]1CCN1C/C=C/C(=O)Cc1cc2c(Nc3ccc(F)c(Cl)c3)ncnc2cc1OC[C@H]1COCCO1. The number of rotatable bonds is 12. The van der Waals surface area contributed by atoms with E-state index in [1.54, 1.807) is 25.3 Å². The van der Waals surface area contributed by atoms with Crippen LogP contribution in [0.4, 0.5) is 15.9 Å². The number of methoxy groups -OCH3 is 1. The van der Waals surface area contributed by atoms with Gasteiger partial charge in [-0.05, 0) is 36.8 Å². The number of aromatic nitrogens is 2. The van der Waals surface area contributed by atoms with Crippen LogP contribution in [-0.2, 0) is 25.4 Å². The molecule has 2 atom stereocenters. The van der Waals surface area contributed by atoms with Crippen molar-refractivity contribution in [2.75, 3.05) is 58.6 Å². The lowest BCUT2D eigenvalue weighted by Gasteiger charge is -2.39. The maximum absolute atomic E-state index is 13.7. The van der Waals surface area contributed by atoms with Crippen molar-refractivity contribution in [2.45, 2.75) is 25.0 Å². The maximum atomic E-state index is 13.7. The van der Waals surface area contributed by atoms with Gasteiger partial charge in [-0.2, -0.15) is 0 Å². The molecule has 5 rings (SSSR count). The molecule has 11 heteroatoms. The molecular weight excluding hydrogens is 539 g/mol. The topological polar surface area (TPSA) is 95.0 Å². The molecule has 9 nitrogen and oxygen atoms in total. The minimum Gasteiger partial charge on any atom is -0.490 e. The third kappa shape index (κ3) is 7.13. The van der Waals surface area contributed by atoms with E-state index in [2.05, 4.69) is 20.2 Å². The molecule has 0 unspecified atom stereocenters. The van der Waals surface area contributed by atoms with Crippen LogP contribution in [-0.4, -0.2) is 86.0 Å². The molecule has 0 bridgehead atoms. The average Bonchev–Trinajstić information content (AvgIpc) is 2.95. The summed E-state index contributed by atoms with van der Waals surface area (Å²) >= 11 is 5.96. The van der Waals surface area contributed by atoms with E-state index in [0.29, 0.717) is 72.7 Å². The molecule has 0 amide bonds. The van der Waals surface area contributed by atoms with Gasteiger partial charge < -0.3 is 24.3 Å². The van der Waals surface area contributed by atoms with Gasteiger partial charge >= 0.3 is 0 Å². The van der Waals surface area contributed by atoms with Gasteiger partial charge in [0, 0.05) is 55.4 Å². The lowest BCUT2D eigenvalue weighted by atomic mass is 10.0. The number of halogens is 2. The summed E-state index contributed by atoms with van der Waals surface area (Å²) in [6.45, 7) is 4.19. The Hall–Kier alpha value is -3.15. The van der Waals surface area contributed by atoms with Crippen molar-refractivity contribution < 1.29 is 28.1 Å². The average molecular weight is 571 g/mol. The van der Waals surface area contributed by atoms with Crippen LogP contribution in [0.2, 0.25) is 5.02 Å². The highest BCUT2D eigenvalue weighted by Crippen LogP contribution is 2.31. The first-order chi connectivity index (χ1) is 19.5. The number of anilines is 2. The zero-order valence-corrected chi connectivity index (χ0v) is 23.0. The Morgan fingerprint density at radius 3 is 2.90 bits per heavy atom. The van der Waals surface area contributed by atoms with Crippen molar-refractivity contribution in [1.82, 2.24) is 14.9 Å². The van der Waals surface area contributed by atoms with Crippen LogP contribution < -0.4 is 10.1 Å². The lowest BCUT2D eigenvalue weighted by Crippen LogP contribution is -2.49. The summed E-state index contributed by atoms with van der Waals surface area (Å²) in [4.78, 5) is 24.1. The van der Waals surface area contributed by atoms with Crippen molar-refractivity contribution >= 4 is 39.8 Å². The summed E-state index contributed by atoms with van der Waals surface area (Å²) < 4.78 is 36.3. The van der Waals surface area contributed by atoms with Crippen molar-refractivity contribution in [3.05, 3.63) is 65.2 Å². The Morgan fingerprint density at radius 1 is 1.25 bits per heavy atom. The third-order valence-corrected chi connectivity index (χ3v) is 7.23. The summed E-state index contributed by atoms with van der Waals surface area (Å²) in [5.41, 5.74) is 1.88. The quantitative estimate of drug-likeness (QED) is 0.319. The number of carbonyl (C=O) groups excluding carboxylic acids is 1. The monoisotopic (exact) mass is 570 g/mol. The number of ketones is 1. The number of carbonyl (C=O) groups is 1. The molecule has 1 N–H and O–H groups in total. The van der Waals surface area contributed by atoms with Crippen molar-refractivity contribution in [2.24, 2.45) is 0 Å². The third-order valence-electron chi connectivity index (χ3n) is 6.94. The number of fused-ring (bicyclic) bond motifs is 1. The number of hydrogen-bond donors (Lipinski definition) is 1. The van der Waals surface area contributed by atoms with Gasteiger partial charge in [0.2, 0.25) is 0 Å². The fourth-order valence-electron chi connectivity index (χ4n) is 4.71. The molecule has 3 aromatic rings. The molecule has 40 heavy (non-hydrogen) atoms. The molecule has 0 aliphatic carbocycles. The molecule has 2 aromatic carbocycles. The highest BCUT2D eigenvalue weighted by molar-refractivity contribution is 6.31. The fraction of sp³-hybridized carbons (Fsp3) is 0.414. The number of hydrogen-bond acceptors (Lipinski definition) is 9. The molecule has 2 aliphatic rings. The minimum atomic E-state index is -0.508. The summed E-state index contributed by atoms with van der Waals surface area (Å²) in [6, 6.07) is 8.39. The van der Waals surface area contributed by atoms with E-state index in [9.17, 15) is 9.18 Å². The van der Waals surface area contributed by atoms with E-state index < -0.39 is 5.82 Å². The molecule has 0 radical (unpaired) electrons. The van der Waals surface area contributed by atoms with Crippen molar-refractivity contribution in [1.29, 1.82) is 0 Å². The Labute approximate surface area is 237 Å². The van der Waals surface area contributed by atoms with Crippen LogP contribution in [0.15, 0.2) is 48.8 Å². The Bertz CT molecular complexity index is 1370. The number of benzene rings is 2. The molecule has 0 spiro atoms. The van der Waals surface area contributed by atoms with Gasteiger partial charge in [-0.1, -0.05) is 17.7 Å². The van der Waals surface area contributed by atoms with Crippen LogP contribution in [0.3, 0.4) is 0 Å². The second kappa shape index (κ2) is 13.5. The summed E-state index contributed by atoms with van der Waals surface area (Å²) in [7, 11) is 1.70. The predicted molar refractivity (Wildman–Crippen MR) is 150 cm³/mol. The summed E-state index contributed by atoms with van der Waals surface area (Å²) in [6.07, 6.45) is 5.98. The van der Waals surface area contributed by atoms with Crippen LogP contribution in [0.5, 0.6) is 5.75 Å². The van der Waals surface area contributed by atoms with E-state index in [-0.39, 0.29) is 29.9 Å². The Kier molecular flexibility index (Phi) is 9.56. The summed E-state index contributed by atoms with van der Waals surface area (Å²) in [5, 5.41) is 3.86. The van der Waals surface area contributed by atoms with E-state index in [1.165, 1.54) is 18.5 Å². The van der Waals surface area contributed by atoms with E-state index in [0.717, 1.165) is 13.0 Å². The second-order valence-electron chi connectivity index (χ2n) is 9.77. The van der Waals surface area contributed by atoms with E-state index in [1.807, 2.05) is 12.1 Å². The number of allylic oxidation sites excluding steroid dienone is 1. The first-order valence-corrected chi connectivity index (χ1v) is 13.6. The van der Waals surface area contributed by atoms with Crippen molar-refractivity contribution in [3.8, 4) is 5.75 Å². The molecule has 0 saturated carbocycles. The predicted octanol–water partition coefficient (Wildman–Crippen LogP) is 4.35. The van der Waals surface area contributed by atoms with Crippen LogP contribution >= 0.6 is 11.6 Å². The Balaban J connectivity index is 1.37. The number of nitrogens with zero attached hydrogens (tertiary/aromatic N) is 3. The molecular formula is C29H32ClFN4O5. The number of ether oxygens (including phenoxy) is 4. The van der Waals surface area contributed by atoms with Crippen LogP contribution in [0.1, 0.15) is 12.0 Å². The maximum Gasteiger partial charge on any atom is 0.159 e. The first kappa shape index (κ1) is 28.4. The molecule has 3 heterocycles. The smallest absolute Gasteiger partial charge is 0.159 e.